The fourth-order valence-electron chi connectivity index (χ4n) is 0.744. The first kappa shape index (κ1) is 12.1. The average Bonchev–Trinajstić information content (AvgIpc) is 2.21. The van der Waals surface area contributed by atoms with Gasteiger partial charge in [0.15, 0.2) is 0 Å². The lowest BCUT2D eigenvalue weighted by Gasteiger charge is -1.95. The third-order valence-corrected chi connectivity index (χ3v) is 1.33. The Kier molecular flexibility index (Phi) is 4.93. The fourth-order valence-corrected chi connectivity index (χ4v) is 0.744. The summed E-state index contributed by atoms with van der Waals surface area (Å²) in [5.74, 6) is -1.88. The Morgan fingerprint density at radius 1 is 1.50 bits per heavy atom. The molecule has 0 bridgehead atoms. The van der Waals surface area contributed by atoms with Crippen molar-refractivity contribution in [3.05, 3.63) is 35.1 Å². The van der Waals surface area contributed by atoms with Crippen molar-refractivity contribution in [2.75, 3.05) is 0 Å². The van der Waals surface area contributed by atoms with Crippen molar-refractivity contribution in [2.45, 2.75) is 13.8 Å². The summed E-state index contributed by atoms with van der Waals surface area (Å²) < 4.78 is 12.6. The highest BCUT2D eigenvalue weighted by molar-refractivity contribution is 5.87. The summed E-state index contributed by atoms with van der Waals surface area (Å²) >= 11 is 0. The van der Waals surface area contributed by atoms with Crippen LogP contribution in [0.3, 0.4) is 0 Å². The Morgan fingerprint density at radius 2 is 2.07 bits per heavy atom. The highest BCUT2D eigenvalue weighted by Gasteiger charge is 2.06. The molecule has 0 aliphatic carbocycles. The summed E-state index contributed by atoms with van der Waals surface area (Å²) in [6.07, 6.45) is 0. The molecule has 0 spiro atoms. The van der Waals surface area contributed by atoms with Gasteiger partial charge in [0.05, 0.1) is 11.1 Å². The van der Waals surface area contributed by atoms with E-state index in [4.69, 9.17) is 10.4 Å². The number of hydrogen-bond donors (Lipinski definition) is 1. The van der Waals surface area contributed by atoms with Gasteiger partial charge in [0.1, 0.15) is 11.9 Å². The van der Waals surface area contributed by atoms with Gasteiger partial charge in [-0.15, -0.1) is 0 Å². The number of rotatable bonds is 1. The van der Waals surface area contributed by atoms with Crippen LogP contribution >= 0.6 is 0 Å². The zero-order valence-corrected chi connectivity index (χ0v) is 7.91. The van der Waals surface area contributed by atoms with Crippen LogP contribution in [0.4, 0.5) is 4.39 Å². The third-order valence-electron chi connectivity index (χ3n) is 1.33. The maximum Gasteiger partial charge on any atom is 0.335 e. The fraction of sp³-hybridized carbons (Fsp3) is 0.200. The molecule has 4 heteroatoms. The summed E-state index contributed by atoms with van der Waals surface area (Å²) in [7, 11) is 0. The molecule has 1 aromatic carbocycles. The molecule has 0 aliphatic heterocycles. The van der Waals surface area contributed by atoms with Gasteiger partial charge in [-0.2, -0.15) is 5.26 Å². The molecule has 0 atom stereocenters. The average molecular weight is 195 g/mol. The Bertz CT molecular complexity index is 369. The molecule has 74 valence electrons. The predicted molar refractivity (Wildman–Crippen MR) is 49.4 cm³/mol. The molecule has 0 saturated heterocycles. The van der Waals surface area contributed by atoms with E-state index in [-0.39, 0.29) is 11.1 Å². The minimum absolute atomic E-state index is 0.0899. The molecule has 0 fully saturated rings. The van der Waals surface area contributed by atoms with Gasteiger partial charge in [-0.25, -0.2) is 9.18 Å². The van der Waals surface area contributed by atoms with Crippen LogP contribution in [-0.2, 0) is 0 Å². The number of benzene rings is 1. The number of aromatic carboxylic acids is 1. The molecule has 0 radical (unpaired) electrons. The number of carboxylic acid groups (broad SMARTS) is 1. The van der Waals surface area contributed by atoms with Crippen molar-refractivity contribution < 1.29 is 14.3 Å². The lowest BCUT2D eigenvalue weighted by molar-refractivity contribution is 0.0697. The molecular weight excluding hydrogens is 185 g/mol. The molecule has 3 nitrogen and oxygen atoms in total. The van der Waals surface area contributed by atoms with Gasteiger partial charge in [0, 0.05) is 0 Å². The number of hydrogen-bond acceptors (Lipinski definition) is 2. The van der Waals surface area contributed by atoms with E-state index in [1.165, 1.54) is 0 Å². The smallest absolute Gasteiger partial charge is 0.335 e. The Balaban J connectivity index is 0.000000791. The molecule has 1 N–H and O–H groups in total. The Labute approximate surface area is 81.4 Å². The van der Waals surface area contributed by atoms with Gasteiger partial charge in [0.2, 0.25) is 0 Å². The molecule has 0 heterocycles. The van der Waals surface area contributed by atoms with Crippen molar-refractivity contribution in [1.29, 1.82) is 5.26 Å². The topological polar surface area (TPSA) is 61.1 Å². The largest absolute Gasteiger partial charge is 0.478 e. The molecule has 0 unspecified atom stereocenters. The molecular formula is C10H10FNO2. The van der Waals surface area contributed by atoms with Gasteiger partial charge >= 0.3 is 5.97 Å². The minimum Gasteiger partial charge on any atom is -0.478 e. The van der Waals surface area contributed by atoms with Crippen molar-refractivity contribution in [3.8, 4) is 6.07 Å². The number of carbonyl (C=O) groups is 1. The molecule has 0 amide bonds. The van der Waals surface area contributed by atoms with Gasteiger partial charge in [-0.3, -0.25) is 0 Å². The van der Waals surface area contributed by atoms with Crippen molar-refractivity contribution in [1.82, 2.24) is 0 Å². The van der Waals surface area contributed by atoms with Crippen LogP contribution < -0.4 is 0 Å². The van der Waals surface area contributed by atoms with Crippen molar-refractivity contribution >= 4 is 5.97 Å². The van der Waals surface area contributed by atoms with Gasteiger partial charge in [-0.1, -0.05) is 13.8 Å². The summed E-state index contributed by atoms with van der Waals surface area (Å²) in [5.41, 5.74) is -0.345. The van der Waals surface area contributed by atoms with Gasteiger partial charge in [0.25, 0.3) is 0 Å². The first-order valence-electron chi connectivity index (χ1n) is 4.08. The second-order valence-electron chi connectivity index (χ2n) is 2.11. The van der Waals surface area contributed by atoms with Gasteiger partial charge < -0.3 is 5.11 Å². The lowest BCUT2D eigenvalue weighted by atomic mass is 10.1. The van der Waals surface area contributed by atoms with E-state index in [2.05, 4.69) is 0 Å². The highest BCUT2D eigenvalue weighted by Crippen LogP contribution is 2.08. The van der Waals surface area contributed by atoms with E-state index in [0.717, 1.165) is 18.2 Å². The van der Waals surface area contributed by atoms with Crippen LogP contribution in [0.25, 0.3) is 0 Å². The second kappa shape index (κ2) is 5.70. The van der Waals surface area contributed by atoms with Crippen LogP contribution in [0, 0.1) is 17.1 Å². The zero-order chi connectivity index (χ0) is 11.1. The number of nitrogens with zero attached hydrogens (tertiary/aromatic N) is 1. The van der Waals surface area contributed by atoms with E-state index in [1.807, 2.05) is 13.8 Å². The van der Waals surface area contributed by atoms with Crippen LogP contribution in [-0.4, -0.2) is 11.1 Å². The number of nitriles is 1. The van der Waals surface area contributed by atoms with Crippen molar-refractivity contribution in [2.24, 2.45) is 0 Å². The maximum absolute atomic E-state index is 12.6. The minimum atomic E-state index is -1.17. The maximum atomic E-state index is 12.6. The summed E-state index contributed by atoms with van der Waals surface area (Å²) in [6.45, 7) is 4.00. The van der Waals surface area contributed by atoms with Crippen molar-refractivity contribution in [3.63, 3.8) is 0 Å². The summed E-state index contributed by atoms with van der Waals surface area (Å²) in [4.78, 5) is 10.3. The highest BCUT2D eigenvalue weighted by atomic mass is 19.1. The molecule has 0 saturated carbocycles. The third kappa shape index (κ3) is 2.87. The summed E-state index contributed by atoms with van der Waals surface area (Å²) in [6, 6.07) is 4.62. The predicted octanol–water partition coefficient (Wildman–Crippen LogP) is 2.42. The van der Waals surface area contributed by atoms with Crippen LogP contribution in [0.2, 0.25) is 0 Å². The first-order valence-corrected chi connectivity index (χ1v) is 4.08. The molecule has 1 aromatic rings. The summed E-state index contributed by atoms with van der Waals surface area (Å²) in [5, 5.41) is 16.8. The normalized spacial score (nSPS) is 8.14. The van der Waals surface area contributed by atoms with Gasteiger partial charge in [-0.05, 0) is 18.2 Å². The molecule has 1 rings (SSSR count). The van der Waals surface area contributed by atoms with E-state index in [9.17, 15) is 9.18 Å². The van der Waals surface area contributed by atoms with Crippen LogP contribution in [0.15, 0.2) is 18.2 Å². The Hall–Kier alpha value is -1.89. The quantitative estimate of drug-likeness (QED) is 0.748. The second-order valence-corrected chi connectivity index (χ2v) is 2.11. The Morgan fingerprint density at radius 3 is 2.50 bits per heavy atom. The molecule has 0 aliphatic rings. The standard InChI is InChI=1S/C8H4FNO2.C2H6/c9-7-2-1-5(8(11)12)3-6(7)4-10;1-2/h1-3H,(H,11,12);1-2H3. The van der Waals surface area contributed by atoms with Crippen LogP contribution in [0.5, 0.6) is 0 Å². The lowest BCUT2D eigenvalue weighted by Crippen LogP contribution is -1.97. The SMILES string of the molecule is CC.N#Cc1cc(C(=O)O)ccc1F. The molecule has 0 aromatic heterocycles. The number of carboxylic acids is 1. The monoisotopic (exact) mass is 195 g/mol. The first-order chi connectivity index (χ1) is 6.65. The van der Waals surface area contributed by atoms with E-state index < -0.39 is 11.8 Å². The van der Waals surface area contributed by atoms with E-state index >= 15 is 0 Å². The van der Waals surface area contributed by atoms with Crippen LogP contribution in [0.1, 0.15) is 29.8 Å². The molecule has 14 heavy (non-hydrogen) atoms. The number of halogens is 1. The van der Waals surface area contributed by atoms with E-state index in [1.54, 1.807) is 6.07 Å². The van der Waals surface area contributed by atoms with E-state index in [0.29, 0.717) is 0 Å². The zero-order valence-electron chi connectivity index (χ0n) is 7.91.